The van der Waals surface area contributed by atoms with E-state index >= 15 is 0 Å². The summed E-state index contributed by atoms with van der Waals surface area (Å²) in [4.78, 5) is 30.9. The topological polar surface area (TPSA) is 71.1 Å². The number of benzene rings is 2. The van der Waals surface area contributed by atoms with Gasteiger partial charge in [0, 0.05) is 26.2 Å². The number of hydrogen-bond acceptors (Lipinski definition) is 4. The number of rotatable bonds is 4. The SMILES string of the molecule is O=C(Nc1nc2c(s1)CCCC2C(=O)Nc1ccc(Cl)cc1)c1ccc(Cl)cc1. The second kappa shape index (κ2) is 8.53. The number of nitrogens with zero attached hydrogens (tertiary/aromatic N) is 1. The van der Waals surface area contributed by atoms with Gasteiger partial charge in [0.05, 0.1) is 11.6 Å². The molecule has 2 aromatic carbocycles. The van der Waals surface area contributed by atoms with E-state index in [1.165, 1.54) is 11.3 Å². The van der Waals surface area contributed by atoms with Crippen molar-refractivity contribution in [3.05, 3.63) is 74.7 Å². The standard InChI is InChI=1S/C21H17Cl2N3O2S/c22-13-6-4-12(5-7-13)19(27)26-21-25-18-16(2-1-3-17(18)29-21)20(28)24-15-10-8-14(23)9-11-15/h4-11,16H,1-3H2,(H,24,28)(H,25,26,27). The van der Waals surface area contributed by atoms with E-state index in [0.29, 0.717) is 26.4 Å². The summed E-state index contributed by atoms with van der Waals surface area (Å²) >= 11 is 13.2. The number of anilines is 2. The lowest BCUT2D eigenvalue weighted by atomic mass is 9.90. The molecule has 29 heavy (non-hydrogen) atoms. The van der Waals surface area contributed by atoms with Crippen molar-refractivity contribution < 1.29 is 9.59 Å². The summed E-state index contributed by atoms with van der Waals surface area (Å²) < 4.78 is 0. The van der Waals surface area contributed by atoms with E-state index in [4.69, 9.17) is 23.2 Å². The van der Waals surface area contributed by atoms with E-state index in [9.17, 15) is 9.59 Å². The normalized spacial score (nSPS) is 15.4. The molecular weight excluding hydrogens is 429 g/mol. The van der Waals surface area contributed by atoms with Crippen molar-refractivity contribution in [3.8, 4) is 0 Å². The third-order valence-corrected chi connectivity index (χ3v) is 6.26. The van der Waals surface area contributed by atoms with E-state index < -0.39 is 0 Å². The molecule has 0 saturated heterocycles. The van der Waals surface area contributed by atoms with Gasteiger partial charge in [-0.15, -0.1) is 11.3 Å². The van der Waals surface area contributed by atoms with Crippen LogP contribution in [0.4, 0.5) is 10.8 Å². The monoisotopic (exact) mass is 445 g/mol. The van der Waals surface area contributed by atoms with Crippen molar-refractivity contribution in [2.24, 2.45) is 0 Å². The van der Waals surface area contributed by atoms with Crippen LogP contribution >= 0.6 is 34.5 Å². The van der Waals surface area contributed by atoms with Gasteiger partial charge in [0.25, 0.3) is 5.91 Å². The van der Waals surface area contributed by atoms with Crippen molar-refractivity contribution >= 4 is 57.2 Å². The molecule has 1 aliphatic rings. The number of nitrogens with one attached hydrogen (secondary N) is 2. The number of aromatic nitrogens is 1. The number of hydrogen-bond donors (Lipinski definition) is 2. The molecule has 0 saturated carbocycles. The van der Waals surface area contributed by atoms with Crippen LogP contribution in [-0.4, -0.2) is 16.8 Å². The highest BCUT2D eigenvalue weighted by Crippen LogP contribution is 2.37. The van der Waals surface area contributed by atoms with Crippen LogP contribution in [0.3, 0.4) is 0 Å². The predicted molar refractivity (Wildman–Crippen MR) is 117 cm³/mol. The van der Waals surface area contributed by atoms with E-state index in [1.54, 1.807) is 48.5 Å². The molecule has 1 aromatic heterocycles. The molecule has 8 heteroatoms. The summed E-state index contributed by atoms with van der Waals surface area (Å²) in [5, 5.41) is 7.44. The molecule has 0 spiro atoms. The third kappa shape index (κ3) is 4.61. The lowest BCUT2D eigenvalue weighted by molar-refractivity contribution is -0.117. The zero-order chi connectivity index (χ0) is 20.4. The Balaban J connectivity index is 1.49. The predicted octanol–water partition coefficient (Wildman–Crippen LogP) is 5.76. The highest BCUT2D eigenvalue weighted by molar-refractivity contribution is 7.16. The van der Waals surface area contributed by atoms with Crippen molar-refractivity contribution in [2.75, 3.05) is 10.6 Å². The van der Waals surface area contributed by atoms with Crippen molar-refractivity contribution in [1.29, 1.82) is 0 Å². The van der Waals surface area contributed by atoms with Gasteiger partial charge in [-0.25, -0.2) is 4.98 Å². The molecule has 1 atom stereocenters. The number of carbonyl (C=O) groups is 2. The van der Waals surface area contributed by atoms with Crippen LogP contribution in [0.25, 0.3) is 0 Å². The summed E-state index contributed by atoms with van der Waals surface area (Å²) in [6, 6.07) is 13.7. The van der Waals surface area contributed by atoms with E-state index in [1.807, 2.05) is 0 Å². The zero-order valence-electron chi connectivity index (χ0n) is 15.2. The van der Waals surface area contributed by atoms with E-state index in [2.05, 4.69) is 15.6 Å². The number of amides is 2. The molecule has 1 aliphatic carbocycles. The lowest BCUT2D eigenvalue weighted by Crippen LogP contribution is -2.24. The largest absolute Gasteiger partial charge is 0.326 e. The summed E-state index contributed by atoms with van der Waals surface area (Å²) in [6.07, 6.45) is 2.48. The number of fused-ring (bicyclic) bond motifs is 1. The Kier molecular flexibility index (Phi) is 5.85. The maximum Gasteiger partial charge on any atom is 0.257 e. The molecule has 1 unspecified atom stereocenters. The maximum atomic E-state index is 12.8. The van der Waals surface area contributed by atoms with Gasteiger partial charge in [0.2, 0.25) is 5.91 Å². The van der Waals surface area contributed by atoms with Crippen LogP contribution in [0.5, 0.6) is 0 Å². The molecule has 4 rings (SSSR count). The Bertz CT molecular complexity index is 1050. The third-order valence-electron chi connectivity index (χ3n) is 4.71. The molecule has 0 bridgehead atoms. The molecule has 148 valence electrons. The zero-order valence-corrected chi connectivity index (χ0v) is 17.6. The van der Waals surface area contributed by atoms with Gasteiger partial charge >= 0.3 is 0 Å². The first-order valence-corrected chi connectivity index (χ1v) is 10.7. The second-order valence-electron chi connectivity index (χ2n) is 6.73. The first kappa shape index (κ1) is 19.9. The van der Waals surface area contributed by atoms with Crippen LogP contribution in [0.15, 0.2) is 48.5 Å². The molecule has 5 nitrogen and oxygen atoms in total. The van der Waals surface area contributed by atoms with Gasteiger partial charge in [-0.2, -0.15) is 0 Å². The fourth-order valence-electron chi connectivity index (χ4n) is 3.26. The molecular formula is C21H17Cl2N3O2S. The lowest BCUT2D eigenvalue weighted by Gasteiger charge is -2.20. The first-order chi connectivity index (χ1) is 14.0. The summed E-state index contributed by atoms with van der Waals surface area (Å²) in [5.41, 5.74) is 1.94. The number of halogens is 2. The Hall–Kier alpha value is -2.41. The highest BCUT2D eigenvalue weighted by Gasteiger charge is 2.30. The quantitative estimate of drug-likeness (QED) is 0.535. The van der Waals surface area contributed by atoms with Crippen molar-refractivity contribution in [2.45, 2.75) is 25.2 Å². The van der Waals surface area contributed by atoms with E-state index in [0.717, 1.165) is 29.8 Å². The van der Waals surface area contributed by atoms with Crippen LogP contribution in [-0.2, 0) is 11.2 Å². The van der Waals surface area contributed by atoms with Crippen molar-refractivity contribution in [3.63, 3.8) is 0 Å². The average Bonchev–Trinajstić information content (AvgIpc) is 3.12. The Labute approximate surface area is 182 Å². The Morgan fingerprint density at radius 3 is 2.31 bits per heavy atom. The van der Waals surface area contributed by atoms with Crippen molar-refractivity contribution in [1.82, 2.24) is 4.98 Å². The summed E-state index contributed by atoms with van der Waals surface area (Å²) in [6.45, 7) is 0. The minimum atomic E-state index is -0.341. The van der Waals surface area contributed by atoms with Crippen LogP contribution < -0.4 is 10.6 Å². The molecule has 0 radical (unpaired) electrons. The average molecular weight is 446 g/mol. The van der Waals surface area contributed by atoms with Crippen LogP contribution in [0.1, 0.15) is 39.7 Å². The number of carbonyl (C=O) groups excluding carboxylic acids is 2. The fraction of sp³-hybridized carbons (Fsp3) is 0.190. The van der Waals surface area contributed by atoms with Gasteiger partial charge < -0.3 is 5.32 Å². The van der Waals surface area contributed by atoms with Crippen LogP contribution in [0, 0.1) is 0 Å². The Morgan fingerprint density at radius 1 is 0.966 bits per heavy atom. The maximum absolute atomic E-state index is 12.8. The number of aryl methyl sites for hydroxylation is 1. The minimum absolute atomic E-state index is 0.103. The minimum Gasteiger partial charge on any atom is -0.326 e. The molecule has 3 aromatic rings. The van der Waals surface area contributed by atoms with Gasteiger partial charge in [0.1, 0.15) is 0 Å². The van der Waals surface area contributed by atoms with Gasteiger partial charge in [-0.1, -0.05) is 23.2 Å². The summed E-state index contributed by atoms with van der Waals surface area (Å²) in [5.74, 6) is -0.698. The first-order valence-electron chi connectivity index (χ1n) is 9.12. The van der Waals surface area contributed by atoms with Crippen LogP contribution in [0.2, 0.25) is 10.0 Å². The molecule has 2 amide bonds. The fourth-order valence-corrected chi connectivity index (χ4v) is 4.57. The van der Waals surface area contributed by atoms with E-state index in [-0.39, 0.29) is 17.7 Å². The summed E-state index contributed by atoms with van der Waals surface area (Å²) in [7, 11) is 0. The molecule has 0 fully saturated rings. The second-order valence-corrected chi connectivity index (χ2v) is 8.69. The molecule has 0 aliphatic heterocycles. The van der Waals surface area contributed by atoms with Gasteiger partial charge in [0.15, 0.2) is 5.13 Å². The van der Waals surface area contributed by atoms with Gasteiger partial charge in [-0.3, -0.25) is 14.9 Å². The molecule has 1 heterocycles. The smallest absolute Gasteiger partial charge is 0.257 e. The number of thiazole rings is 1. The molecule has 2 N–H and O–H groups in total. The van der Waals surface area contributed by atoms with Gasteiger partial charge in [-0.05, 0) is 67.8 Å². The highest BCUT2D eigenvalue weighted by atomic mass is 35.5. The Morgan fingerprint density at radius 2 is 1.62 bits per heavy atom.